The minimum atomic E-state index is -1.10. The fourth-order valence-corrected chi connectivity index (χ4v) is 3.85. The fraction of sp³-hybridized carbons (Fsp3) is 0.222. The van der Waals surface area contributed by atoms with Crippen molar-refractivity contribution in [2.24, 2.45) is 0 Å². The molecule has 33 heavy (non-hydrogen) atoms. The number of nitrogens with zero attached hydrogens (tertiary/aromatic N) is 1. The summed E-state index contributed by atoms with van der Waals surface area (Å²) in [5.74, 6) is -2.58. The smallest absolute Gasteiger partial charge is 0.311 e. The Bertz CT molecular complexity index is 1140. The highest BCUT2D eigenvalue weighted by atomic mass is 35.5. The average Bonchev–Trinajstić information content (AvgIpc) is 2.83. The summed E-state index contributed by atoms with van der Waals surface area (Å²) in [5.41, 5.74) is 3.19. The van der Waals surface area contributed by atoms with Crippen molar-refractivity contribution in [3.05, 3.63) is 94.5 Å². The number of amides is 1. The van der Waals surface area contributed by atoms with E-state index in [1.54, 1.807) is 53.4 Å². The van der Waals surface area contributed by atoms with Crippen LogP contribution in [0.5, 0.6) is 0 Å². The van der Waals surface area contributed by atoms with Crippen LogP contribution in [0, 0.1) is 0 Å². The molecule has 0 bridgehead atoms. The molecule has 3 aromatic carbocycles. The minimum absolute atomic E-state index is 0.157. The number of carboxylic acids is 1. The fourth-order valence-electron chi connectivity index (χ4n) is 3.72. The van der Waals surface area contributed by atoms with Gasteiger partial charge in [0.2, 0.25) is 0 Å². The molecule has 1 N–H and O–H groups in total. The molecule has 0 aromatic heterocycles. The van der Waals surface area contributed by atoms with E-state index in [4.69, 9.17) is 11.6 Å². The maximum Gasteiger partial charge on any atom is 0.311 e. The lowest BCUT2D eigenvalue weighted by molar-refractivity contribution is -0.138. The maximum absolute atomic E-state index is 12.9. The second kappa shape index (κ2) is 10.9. The number of hydrogen-bond donors (Lipinski definition) is 1. The van der Waals surface area contributed by atoms with E-state index in [0.29, 0.717) is 34.8 Å². The summed E-state index contributed by atoms with van der Waals surface area (Å²) in [6, 6.07) is 21.0. The number of aliphatic carboxylic acids is 1. The number of carbonyl (C=O) groups excluding carboxylic acids is 2. The molecule has 0 spiro atoms. The largest absolute Gasteiger partial charge is 0.481 e. The molecular weight excluding hydrogens is 438 g/mol. The Hall–Kier alpha value is -3.44. The van der Waals surface area contributed by atoms with Gasteiger partial charge in [-0.1, -0.05) is 60.1 Å². The highest BCUT2D eigenvalue weighted by Gasteiger charge is 2.25. The van der Waals surface area contributed by atoms with Crippen LogP contribution >= 0.6 is 11.6 Å². The van der Waals surface area contributed by atoms with Crippen molar-refractivity contribution in [2.75, 3.05) is 13.1 Å². The second-order valence-electron chi connectivity index (χ2n) is 7.71. The summed E-state index contributed by atoms with van der Waals surface area (Å²) in [6.07, 6.45) is -0.196. The number of Topliss-reactive ketones (excluding diaryl/α,β-unsaturated/α-hetero) is 1. The molecule has 0 unspecified atom stereocenters. The predicted molar refractivity (Wildman–Crippen MR) is 130 cm³/mol. The molecule has 0 saturated carbocycles. The SMILES string of the molecule is CCN(CC)C(=O)c1cccc([C@@H](CC(=O)c2ccc(-c3ccc(Cl)cc3)cc2)C(=O)O)c1. The van der Waals surface area contributed by atoms with E-state index in [1.165, 1.54) is 0 Å². The Morgan fingerprint density at radius 2 is 1.42 bits per heavy atom. The van der Waals surface area contributed by atoms with Crippen LogP contribution in [-0.2, 0) is 4.79 Å². The van der Waals surface area contributed by atoms with Crippen molar-refractivity contribution in [1.29, 1.82) is 0 Å². The molecule has 1 amide bonds. The molecule has 0 aliphatic heterocycles. The topological polar surface area (TPSA) is 74.7 Å². The number of carbonyl (C=O) groups is 3. The van der Waals surface area contributed by atoms with Gasteiger partial charge < -0.3 is 10.0 Å². The van der Waals surface area contributed by atoms with E-state index in [1.807, 2.05) is 38.1 Å². The van der Waals surface area contributed by atoms with E-state index in [9.17, 15) is 19.5 Å². The number of ketones is 1. The summed E-state index contributed by atoms with van der Waals surface area (Å²) >= 11 is 5.93. The molecule has 0 radical (unpaired) electrons. The highest BCUT2D eigenvalue weighted by molar-refractivity contribution is 6.30. The van der Waals surface area contributed by atoms with Gasteiger partial charge in [-0.2, -0.15) is 0 Å². The monoisotopic (exact) mass is 463 g/mol. The average molecular weight is 464 g/mol. The number of rotatable bonds is 9. The predicted octanol–water partition coefficient (Wildman–Crippen LogP) is 5.93. The molecule has 1 atom stereocenters. The van der Waals surface area contributed by atoms with Gasteiger partial charge in [-0.3, -0.25) is 14.4 Å². The minimum Gasteiger partial charge on any atom is -0.481 e. The Balaban J connectivity index is 1.79. The van der Waals surface area contributed by atoms with Gasteiger partial charge in [0, 0.05) is 35.7 Å². The number of hydrogen-bond acceptors (Lipinski definition) is 3. The zero-order valence-corrected chi connectivity index (χ0v) is 19.4. The lowest BCUT2D eigenvalue weighted by Crippen LogP contribution is -2.30. The van der Waals surface area contributed by atoms with E-state index in [2.05, 4.69) is 0 Å². The standard InChI is InChI=1S/C27H26ClNO4/c1-3-29(4-2)26(31)22-7-5-6-21(16-22)24(27(32)33)17-25(30)20-10-8-18(9-11-20)19-12-14-23(28)15-13-19/h5-16,24H,3-4,17H2,1-2H3,(H,32,33)/t24-/m1/s1. The van der Waals surface area contributed by atoms with Gasteiger partial charge in [0.1, 0.15) is 0 Å². The molecule has 0 heterocycles. The van der Waals surface area contributed by atoms with Gasteiger partial charge in [0.15, 0.2) is 5.78 Å². The summed E-state index contributed by atoms with van der Waals surface area (Å²) in [7, 11) is 0. The zero-order chi connectivity index (χ0) is 24.0. The van der Waals surface area contributed by atoms with Gasteiger partial charge in [0.25, 0.3) is 5.91 Å². The highest BCUT2D eigenvalue weighted by Crippen LogP contribution is 2.26. The van der Waals surface area contributed by atoms with Crippen molar-refractivity contribution in [1.82, 2.24) is 4.90 Å². The van der Waals surface area contributed by atoms with Crippen molar-refractivity contribution in [3.8, 4) is 11.1 Å². The first kappa shape index (κ1) is 24.2. The van der Waals surface area contributed by atoms with Crippen LogP contribution < -0.4 is 0 Å². The van der Waals surface area contributed by atoms with Gasteiger partial charge in [0.05, 0.1) is 5.92 Å². The summed E-state index contributed by atoms with van der Waals surface area (Å²) in [4.78, 5) is 39.2. The van der Waals surface area contributed by atoms with E-state index in [-0.39, 0.29) is 18.1 Å². The molecule has 0 saturated heterocycles. The molecule has 3 rings (SSSR count). The van der Waals surface area contributed by atoms with Gasteiger partial charge in [-0.25, -0.2) is 0 Å². The first-order chi connectivity index (χ1) is 15.8. The quantitative estimate of drug-likeness (QED) is 0.399. The molecule has 0 aliphatic rings. The first-order valence-corrected chi connectivity index (χ1v) is 11.2. The number of halogens is 1. The molecule has 3 aromatic rings. The van der Waals surface area contributed by atoms with Crippen LogP contribution in [0.25, 0.3) is 11.1 Å². The van der Waals surface area contributed by atoms with E-state index >= 15 is 0 Å². The van der Waals surface area contributed by atoms with Crippen LogP contribution in [0.15, 0.2) is 72.8 Å². The summed E-state index contributed by atoms with van der Waals surface area (Å²) < 4.78 is 0. The summed E-state index contributed by atoms with van der Waals surface area (Å²) in [6.45, 7) is 4.91. The number of benzene rings is 3. The molecule has 0 aliphatic carbocycles. The van der Waals surface area contributed by atoms with Crippen molar-refractivity contribution >= 4 is 29.3 Å². The molecular formula is C27H26ClNO4. The lowest BCUT2D eigenvalue weighted by Gasteiger charge is -2.19. The Morgan fingerprint density at radius 1 is 0.848 bits per heavy atom. The van der Waals surface area contributed by atoms with Crippen LogP contribution in [0.3, 0.4) is 0 Å². The van der Waals surface area contributed by atoms with E-state index in [0.717, 1.165) is 11.1 Å². The third-order valence-electron chi connectivity index (χ3n) is 5.66. The molecule has 170 valence electrons. The van der Waals surface area contributed by atoms with Crippen LogP contribution in [0.4, 0.5) is 0 Å². The van der Waals surface area contributed by atoms with Crippen LogP contribution in [-0.4, -0.2) is 40.8 Å². The van der Waals surface area contributed by atoms with Crippen LogP contribution in [0.1, 0.15) is 52.5 Å². The second-order valence-corrected chi connectivity index (χ2v) is 8.14. The molecule has 6 heteroatoms. The van der Waals surface area contributed by atoms with Crippen molar-refractivity contribution < 1.29 is 19.5 Å². The summed E-state index contributed by atoms with van der Waals surface area (Å²) in [5, 5.41) is 10.5. The normalized spacial score (nSPS) is 11.6. The van der Waals surface area contributed by atoms with E-state index < -0.39 is 11.9 Å². The van der Waals surface area contributed by atoms with Crippen LogP contribution in [0.2, 0.25) is 5.02 Å². The zero-order valence-electron chi connectivity index (χ0n) is 18.6. The van der Waals surface area contributed by atoms with Crippen molar-refractivity contribution in [3.63, 3.8) is 0 Å². The Kier molecular flexibility index (Phi) is 8.01. The van der Waals surface area contributed by atoms with Gasteiger partial charge in [-0.15, -0.1) is 0 Å². The number of carboxylic acid groups (broad SMARTS) is 1. The first-order valence-electron chi connectivity index (χ1n) is 10.8. The maximum atomic E-state index is 12.9. The lowest BCUT2D eigenvalue weighted by atomic mass is 9.90. The van der Waals surface area contributed by atoms with Gasteiger partial charge >= 0.3 is 5.97 Å². The third kappa shape index (κ3) is 5.88. The van der Waals surface area contributed by atoms with Gasteiger partial charge in [-0.05, 0) is 54.8 Å². The Morgan fingerprint density at radius 3 is 1.97 bits per heavy atom. The molecule has 5 nitrogen and oxygen atoms in total. The van der Waals surface area contributed by atoms with Crippen molar-refractivity contribution in [2.45, 2.75) is 26.2 Å². The molecule has 0 fully saturated rings. The Labute approximate surface area is 198 Å². The third-order valence-corrected chi connectivity index (χ3v) is 5.91.